The number of amides is 2. The molecule has 0 spiro atoms. The number of pyridine rings is 1. The van der Waals surface area contributed by atoms with Gasteiger partial charge in [0.05, 0.1) is 6.42 Å². The summed E-state index contributed by atoms with van der Waals surface area (Å²) in [5, 5.41) is 2.80. The van der Waals surface area contributed by atoms with Gasteiger partial charge in [-0.15, -0.1) is 0 Å². The molecule has 6 nitrogen and oxygen atoms in total. The Balaban J connectivity index is 1.60. The molecule has 0 radical (unpaired) electrons. The number of nitrogens with one attached hydrogen (secondary N) is 1. The fourth-order valence-electron chi connectivity index (χ4n) is 3.01. The molecule has 2 amide bonds. The quantitative estimate of drug-likeness (QED) is 0.864. The molecule has 1 saturated heterocycles. The van der Waals surface area contributed by atoms with E-state index in [1.807, 2.05) is 32.9 Å². The topological polar surface area (TPSA) is 71.5 Å². The number of carbonyl (C=O) groups excluding carboxylic acids is 2. The van der Waals surface area contributed by atoms with Crippen molar-refractivity contribution in [1.82, 2.24) is 9.88 Å². The predicted octanol–water partition coefficient (Wildman–Crippen LogP) is 2.69. The Morgan fingerprint density at radius 1 is 1.30 bits per heavy atom. The van der Waals surface area contributed by atoms with E-state index in [1.54, 1.807) is 4.90 Å². The third-order valence-corrected chi connectivity index (χ3v) is 4.17. The largest absolute Gasteiger partial charge is 0.444 e. The van der Waals surface area contributed by atoms with Crippen molar-refractivity contribution in [3.05, 3.63) is 23.4 Å². The number of hydrogen-bond acceptors (Lipinski definition) is 4. The molecular weight excluding hydrogens is 294 g/mol. The van der Waals surface area contributed by atoms with Crippen LogP contribution < -0.4 is 5.32 Å². The molecule has 3 rings (SSSR count). The molecule has 2 aliphatic rings. The minimum absolute atomic E-state index is 0.00407. The zero-order chi connectivity index (χ0) is 16.6. The lowest BCUT2D eigenvalue weighted by Gasteiger charge is -2.33. The molecule has 2 aliphatic heterocycles. The number of ether oxygens (including phenoxy) is 1. The van der Waals surface area contributed by atoms with E-state index in [0.717, 1.165) is 24.1 Å². The number of piperidine rings is 1. The molecule has 1 aromatic rings. The maximum atomic E-state index is 12.1. The summed E-state index contributed by atoms with van der Waals surface area (Å²) in [6, 6.07) is 3.99. The van der Waals surface area contributed by atoms with Crippen molar-refractivity contribution in [1.29, 1.82) is 0 Å². The van der Waals surface area contributed by atoms with Crippen molar-refractivity contribution in [2.24, 2.45) is 0 Å². The summed E-state index contributed by atoms with van der Waals surface area (Å²) < 4.78 is 5.41. The van der Waals surface area contributed by atoms with Crippen LogP contribution in [0.4, 0.5) is 10.6 Å². The highest BCUT2D eigenvalue weighted by Crippen LogP contribution is 2.30. The first kappa shape index (κ1) is 15.8. The molecule has 1 fully saturated rings. The molecule has 1 aromatic heterocycles. The van der Waals surface area contributed by atoms with Crippen LogP contribution in [0.5, 0.6) is 0 Å². The van der Waals surface area contributed by atoms with Gasteiger partial charge in [-0.2, -0.15) is 0 Å². The second-order valence-electron chi connectivity index (χ2n) is 7.21. The molecule has 124 valence electrons. The van der Waals surface area contributed by atoms with E-state index >= 15 is 0 Å². The van der Waals surface area contributed by atoms with Gasteiger partial charge >= 0.3 is 6.09 Å². The maximum absolute atomic E-state index is 12.1. The monoisotopic (exact) mass is 317 g/mol. The van der Waals surface area contributed by atoms with E-state index in [1.165, 1.54) is 0 Å². The number of fused-ring (bicyclic) bond motifs is 1. The molecule has 0 aromatic carbocycles. The van der Waals surface area contributed by atoms with Crippen LogP contribution in [0.15, 0.2) is 12.1 Å². The van der Waals surface area contributed by atoms with Crippen molar-refractivity contribution in [3.63, 3.8) is 0 Å². The standard InChI is InChI=1S/C17H23N3O3/c1-17(2,3)23-16(22)20-8-6-11(7-9-20)13-5-4-12-10-14(21)19-15(12)18-13/h4-5,11H,6-10H2,1-3H3,(H,18,19,21). The number of anilines is 1. The fraction of sp³-hybridized carbons (Fsp3) is 0.588. The molecule has 0 bridgehead atoms. The Kier molecular flexibility index (Phi) is 4.00. The van der Waals surface area contributed by atoms with Gasteiger partial charge in [-0.1, -0.05) is 6.07 Å². The highest BCUT2D eigenvalue weighted by molar-refractivity contribution is 5.97. The summed E-state index contributed by atoms with van der Waals surface area (Å²) in [7, 11) is 0. The second-order valence-corrected chi connectivity index (χ2v) is 7.21. The lowest BCUT2D eigenvalue weighted by Crippen LogP contribution is -2.41. The summed E-state index contributed by atoms with van der Waals surface area (Å²) in [6.45, 7) is 6.97. The average molecular weight is 317 g/mol. The van der Waals surface area contributed by atoms with Crippen molar-refractivity contribution < 1.29 is 14.3 Å². The van der Waals surface area contributed by atoms with Crippen LogP contribution in [0, 0.1) is 0 Å². The van der Waals surface area contributed by atoms with E-state index in [9.17, 15) is 9.59 Å². The molecule has 0 unspecified atom stereocenters. The van der Waals surface area contributed by atoms with E-state index in [2.05, 4.69) is 10.3 Å². The molecule has 0 aliphatic carbocycles. The van der Waals surface area contributed by atoms with Crippen molar-refractivity contribution in [2.45, 2.75) is 51.6 Å². The van der Waals surface area contributed by atoms with Gasteiger partial charge in [0.25, 0.3) is 0 Å². The van der Waals surface area contributed by atoms with Crippen molar-refractivity contribution >= 4 is 17.8 Å². The number of nitrogens with zero attached hydrogens (tertiary/aromatic N) is 2. The lowest BCUT2D eigenvalue weighted by molar-refractivity contribution is -0.115. The Morgan fingerprint density at radius 3 is 2.65 bits per heavy atom. The van der Waals surface area contributed by atoms with E-state index < -0.39 is 5.60 Å². The zero-order valence-electron chi connectivity index (χ0n) is 13.9. The second kappa shape index (κ2) is 5.83. The van der Waals surface area contributed by atoms with Crippen LogP contribution in [0.25, 0.3) is 0 Å². The first-order chi connectivity index (χ1) is 10.8. The number of carbonyl (C=O) groups is 2. The maximum Gasteiger partial charge on any atom is 0.410 e. The number of likely N-dealkylation sites (tertiary alicyclic amines) is 1. The highest BCUT2D eigenvalue weighted by atomic mass is 16.6. The van der Waals surface area contributed by atoms with Crippen LogP contribution in [0.3, 0.4) is 0 Å². The Hall–Kier alpha value is -2.11. The summed E-state index contributed by atoms with van der Waals surface area (Å²) >= 11 is 0. The normalized spacial score (nSPS) is 18.6. The fourth-order valence-corrected chi connectivity index (χ4v) is 3.01. The summed E-state index contributed by atoms with van der Waals surface area (Å²) in [5.41, 5.74) is 1.49. The summed E-state index contributed by atoms with van der Waals surface area (Å²) in [4.78, 5) is 29.8. The van der Waals surface area contributed by atoms with Gasteiger partial charge in [-0.05, 0) is 39.7 Å². The number of rotatable bonds is 1. The van der Waals surface area contributed by atoms with Crippen LogP contribution in [-0.4, -0.2) is 40.6 Å². The van der Waals surface area contributed by atoms with Gasteiger partial charge in [-0.25, -0.2) is 9.78 Å². The van der Waals surface area contributed by atoms with Crippen LogP contribution >= 0.6 is 0 Å². The Morgan fingerprint density at radius 2 is 2.00 bits per heavy atom. The van der Waals surface area contributed by atoms with E-state index in [0.29, 0.717) is 31.2 Å². The van der Waals surface area contributed by atoms with Gasteiger partial charge in [-0.3, -0.25) is 4.79 Å². The zero-order valence-corrected chi connectivity index (χ0v) is 13.9. The summed E-state index contributed by atoms with van der Waals surface area (Å²) in [6.07, 6.45) is 1.89. The number of aromatic nitrogens is 1. The van der Waals surface area contributed by atoms with Crippen LogP contribution in [0.1, 0.15) is 50.8 Å². The van der Waals surface area contributed by atoms with Gasteiger partial charge < -0.3 is 15.0 Å². The van der Waals surface area contributed by atoms with Gasteiger partial charge in [0, 0.05) is 30.3 Å². The first-order valence-corrected chi connectivity index (χ1v) is 8.09. The minimum atomic E-state index is -0.465. The summed E-state index contributed by atoms with van der Waals surface area (Å²) in [5.74, 6) is 1.02. The average Bonchev–Trinajstić information content (AvgIpc) is 2.84. The molecule has 0 saturated carbocycles. The van der Waals surface area contributed by atoms with E-state index in [4.69, 9.17) is 4.74 Å². The van der Waals surface area contributed by atoms with Gasteiger partial charge in [0.2, 0.25) is 5.91 Å². The molecule has 0 atom stereocenters. The molecular formula is C17H23N3O3. The van der Waals surface area contributed by atoms with Crippen LogP contribution in [0.2, 0.25) is 0 Å². The van der Waals surface area contributed by atoms with Crippen molar-refractivity contribution in [2.75, 3.05) is 18.4 Å². The Labute approximate surface area is 136 Å². The lowest BCUT2D eigenvalue weighted by atomic mass is 9.93. The van der Waals surface area contributed by atoms with Gasteiger partial charge in [0.15, 0.2) is 0 Å². The Bertz CT molecular complexity index is 628. The molecule has 3 heterocycles. The predicted molar refractivity (Wildman–Crippen MR) is 86.4 cm³/mol. The third kappa shape index (κ3) is 3.63. The SMILES string of the molecule is CC(C)(C)OC(=O)N1CCC(c2ccc3c(n2)NC(=O)C3)CC1. The first-order valence-electron chi connectivity index (χ1n) is 8.09. The molecule has 1 N–H and O–H groups in total. The third-order valence-electron chi connectivity index (χ3n) is 4.17. The molecule has 23 heavy (non-hydrogen) atoms. The highest BCUT2D eigenvalue weighted by Gasteiger charge is 2.29. The number of hydrogen-bond donors (Lipinski definition) is 1. The van der Waals surface area contributed by atoms with Crippen LogP contribution in [-0.2, 0) is 16.0 Å². The van der Waals surface area contributed by atoms with E-state index in [-0.39, 0.29) is 12.0 Å². The van der Waals surface area contributed by atoms with Gasteiger partial charge in [0.1, 0.15) is 11.4 Å². The smallest absolute Gasteiger partial charge is 0.410 e. The van der Waals surface area contributed by atoms with Crippen molar-refractivity contribution in [3.8, 4) is 0 Å². The minimum Gasteiger partial charge on any atom is -0.444 e. The molecule has 6 heteroatoms.